The van der Waals surface area contributed by atoms with E-state index in [1.165, 1.54) is 12.1 Å². The van der Waals surface area contributed by atoms with Crippen LogP contribution in [0.5, 0.6) is 0 Å². The average Bonchev–Trinajstić information content (AvgIpc) is 2.81. The van der Waals surface area contributed by atoms with Crippen molar-refractivity contribution in [3.63, 3.8) is 0 Å². The zero-order valence-corrected chi connectivity index (χ0v) is 11.4. The van der Waals surface area contributed by atoms with Crippen LogP contribution < -0.4 is 0 Å². The van der Waals surface area contributed by atoms with Crippen LogP contribution in [0, 0.1) is 0 Å². The molecule has 4 nitrogen and oxygen atoms in total. The zero-order valence-electron chi connectivity index (χ0n) is 9.84. The third-order valence-corrected chi connectivity index (χ3v) is 4.13. The Morgan fingerprint density at radius 1 is 1.44 bits per heavy atom. The smallest absolute Gasteiger partial charge is 0.261 e. The first-order valence-electron chi connectivity index (χ1n) is 5.78. The van der Waals surface area contributed by atoms with Crippen LogP contribution in [0.1, 0.15) is 18.4 Å². The largest absolute Gasteiger partial charge is 0.376 e. The number of rotatable bonds is 5. The summed E-state index contributed by atoms with van der Waals surface area (Å²) in [5.41, 5.74) is 0.787. The van der Waals surface area contributed by atoms with E-state index in [0.29, 0.717) is 13.2 Å². The fraction of sp³-hybridized carbons (Fsp3) is 0.500. The lowest BCUT2D eigenvalue weighted by atomic mass is 10.2. The highest BCUT2D eigenvalue weighted by atomic mass is 35.7. The summed E-state index contributed by atoms with van der Waals surface area (Å²) < 4.78 is 33.3. The molecule has 1 aromatic rings. The molecule has 1 atom stereocenters. The lowest BCUT2D eigenvalue weighted by molar-refractivity contribution is 0.0105. The minimum atomic E-state index is -3.67. The van der Waals surface area contributed by atoms with E-state index in [9.17, 15) is 8.42 Å². The van der Waals surface area contributed by atoms with Crippen molar-refractivity contribution < 1.29 is 17.9 Å². The molecule has 1 saturated heterocycles. The third-order valence-electron chi connectivity index (χ3n) is 2.78. The normalized spacial score (nSPS) is 20.2. The molecule has 0 spiro atoms. The Bertz CT molecular complexity index is 495. The second-order valence-electron chi connectivity index (χ2n) is 4.24. The van der Waals surface area contributed by atoms with E-state index in [2.05, 4.69) is 0 Å². The van der Waals surface area contributed by atoms with Gasteiger partial charge in [-0.15, -0.1) is 0 Å². The van der Waals surface area contributed by atoms with Crippen molar-refractivity contribution in [3.8, 4) is 0 Å². The van der Waals surface area contributed by atoms with E-state index < -0.39 is 9.05 Å². The van der Waals surface area contributed by atoms with E-state index in [-0.39, 0.29) is 11.0 Å². The van der Waals surface area contributed by atoms with Gasteiger partial charge >= 0.3 is 0 Å². The van der Waals surface area contributed by atoms with Gasteiger partial charge in [0.15, 0.2) is 0 Å². The highest BCUT2D eigenvalue weighted by molar-refractivity contribution is 8.13. The quantitative estimate of drug-likeness (QED) is 0.781. The average molecular weight is 291 g/mol. The molecule has 18 heavy (non-hydrogen) atoms. The topological polar surface area (TPSA) is 52.6 Å². The van der Waals surface area contributed by atoms with Crippen molar-refractivity contribution in [3.05, 3.63) is 29.8 Å². The molecular formula is C12H15ClO4S. The van der Waals surface area contributed by atoms with Crippen molar-refractivity contribution in [2.24, 2.45) is 0 Å². The minimum Gasteiger partial charge on any atom is -0.376 e. The van der Waals surface area contributed by atoms with Crippen molar-refractivity contribution in [2.75, 3.05) is 13.2 Å². The van der Waals surface area contributed by atoms with E-state index in [1.807, 2.05) is 0 Å². The fourth-order valence-electron chi connectivity index (χ4n) is 1.87. The van der Waals surface area contributed by atoms with E-state index in [0.717, 1.165) is 25.0 Å². The lowest BCUT2D eigenvalue weighted by Gasteiger charge is -2.10. The first-order valence-corrected chi connectivity index (χ1v) is 8.09. The maximum atomic E-state index is 11.2. The molecule has 2 rings (SSSR count). The summed E-state index contributed by atoms with van der Waals surface area (Å²) in [6, 6.07) is 6.45. The van der Waals surface area contributed by atoms with E-state index in [1.54, 1.807) is 12.1 Å². The summed E-state index contributed by atoms with van der Waals surface area (Å²) in [6.07, 6.45) is 2.27. The van der Waals surface area contributed by atoms with Crippen LogP contribution in [0.15, 0.2) is 29.2 Å². The van der Waals surface area contributed by atoms with E-state index in [4.69, 9.17) is 20.2 Å². The van der Waals surface area contributed by atoms with Gasteiger partial charge in [-0.25, -0.2) is 8.42 Å². The summed E-state index contributed by atoms with van der Waals surface area (Å²) in [5.74, 6) is 0. The summed E-state index contributed by atoms with van der Waals surface area (Å²) in [6.45, 7) is 1.70. The van der Waals surface area contributed by atoms with Crippen LogP contribution in [0.2, 0.25) is 0 Å². The van der Waals surface area contributed by atoms with Gasteiger partial charge in [-0.2, -0.15) is 0 Å². The van der Waals surface area contributed by atoms with Crippen LogP contribution in [0.3, 0.4) is 0 Å². The van der Waals surface area contributed by atoms with Gasteiger partial charge in [0.05, 0.1) is 24.2 Å². The van der Waals surface area contributed by atoms with E-state index >= 15 is 0 Å². The van der Waals surface area contributed by atoms with Gasteiger partial charge in [0, 0.05) is 17.3 Å². The minimum absolute atomic E-state index is 0.0994. The number of halogens is 1. The molecule has 0 bridgehead atoms. The Labute approximate surface area is 111 Å². The van der Waals surface area contributed by atoms with Crippen molar-refractivity contribution in [2.45, 2.75) is 30.4 Å². The highest BCUT2D eigenvalue weighted by Gasteiger charge is 2.15. The van der Waals surface area contributed by atoms with Gasteiger partial charge < -0.3 is 9.47 Å². The molecule has 6 heteroatoms. The summed E-state index contributed by atoms with van der Waals surface area (Å²) >= 11 is 0. The Hall–Kier alpha value is -0.620. The first-order chi connectivity index (χ1) is 8.55. The van der Waals surface area contributed by atoms with Gasteiger partial charge in [-0.05, 0) is 30.5 Å². The summed E-state index contributed by atoms with van der Waals surface area (Å²) in [4.78, 5) is 0.0994. The highest BCUT2D eigenvalue weighted by Crippen LogP contribution is 2.17. The monoisotopic (exact) mass is 290 g/mol. The van der Waals surface area contributed by atoms with Crippen LogP contribution in [-0.4, -0.2) is 27.7 Å². The molecule has 100 valence electrons. The number of hydrogen-bond acceptors (Lipinski definition) is 4. The predicted octanol–water partition coefficient (Wildman–Crippen LogP) is 2.31. The van der Waals surface area contributed by atoms with Crippen molar-refractivity contribution in [1.82, 2.24) is 0 Å². The van der Waals surface area contributed by atoms with Gasteiger partial charge in [-0.1, -0.05) is 12.1 Å². The van der Waals surface area contributed by atoms with Gasteiger partial charge in [-0.3, -0.25) is 0 Å². The Morgan fingerprint density at radius 2 is 2.28 bits per heavy atom. The summed E-state index contributed by atoms with van der Waals surface area (Å²) in [7, 11) is 1.61. The molecule has 0 amide bonds. The van der Waals surface area contributed by atoms with Crippen LogP contribution in [0.4, 0.5) is 0 Å². The molecule has 1 aliphatic heterocycles. The molecule has 0 radical (unpaired) electrons. The lowest BCUT2D eigenvalue weighted by Crippen LogP contribution is -2.13. The Balaban J connectivity index is 1.89. The number of benzene rings is 1. The molecule has 0 aliphatic carbocycles. The SMILES string of the molecule is O=S(=O)(Cl)c1cccc(COCC2CCCO2)c1. The molecule has 1 aromatic carbocycles. The summed E-state index contributed by atoms with van der Waals surface area (Å²) in [5, 5.41) is 0. The van der Waals surface area contributed by atoms with Gasteiger partial charge in [0.2, 0.25) is 0 Å². The maximum Gasteiger partial charge on any atom is 0.261 e. The van der Waals surface area contributed by atoms with Gasteiger partial charge in [0.25, 0.3) is 9.05 Å². The fourth-order valence-corrected chi connectivity index (χ4v) is 2.69. The molecule has 0 N–H and O–H groups in total. The van der Waals surface area contributed by atoms with Crippen molar-refractivity contribution >= 4 is 19.7 Å². The number of hydrogen-bond donors (Lipinski definition) is 0. The molecule has 1 unspecified atom stereocenters. The zero-order chi connectivity index (χ0) is 13.0. The first kappa shape index (κ1) is 13.8. The molecule has 0 saturated carbocycles. The standard InChI is InChI=1S/C12H15ClO4S/c13-18(14,15)12-5-1-3-10(7-12)8-16-9-11-4-2-6-17-11/h1,3,5,7,11H,2,4,6,8-9H2. The Kier molecular flexibility index (Phi) is 4.61. The molecule has 1 heterocycles. The molecule has 0 aromatic heterocycles. The van der Waals surface area contributed by atoms with Gasteiger partial charge in [0.1, 0.15) is 0 Å². The molecule has 1 fully saturated rings. The second kappa shape index (κ2) is 6.02. The second-order valence-corrected chi connectivity index (χ2v) is 6.80. The van der Waals surface area contributed by atoms with Crippen LogP contribution in [0.25, 0.3) is 0 Å². The molecular weight excluding hydrogens is 276 g/mol. The third kappa shape index (κ3) is 3.95. The predicted molar refractivity (Wildman–Crippen MR) is 68.1 cm³/mol. The Morgan fingerprint density at radius 3 is 2.94 bits per heavy atom. The van der Waals surface area contributed by atoms with Crippen molar-refractivity contribution in [1.29, 1.82) is 0 Å². The number of ether oxygens (including phenoxy) is 2. The maximum absolute atomic E-state index is 11.2. The molecule has 1 aliphatic rings. The van der Waals surface area contributed by atoms with Crippen LogP contribution in [-0.2, 0) is 25.1 Å². The van der Waals surface area contributed by atoms with Crippen LogP contribution >= 0.6 is 10.7 Å².